The number of halogens is 3. The van der Waals surface area contributed by atoms with Crippen LogP contribution in [0.25, 0.3) is 0 Å². The Balaban J connectivity index is 1.95. The highest BCUT2D eigenvalue weighted by atomic mass is 19.4. The van der Waals surface area contributed by atoms with Gasteiger partial charge < -0.3 is 19.5 Å². The van der Waals surface area contributed by atoms with E-state index in [0.717, 1.165) is 25.9 Å². The smallest absolute Gasteiger partial charge is 0.380 e. The summed E-state index contributed by atoms with van der Waals surface area (Å²) in [7, 11) is 1.99. The van der Waals surface area contributed by atoms with Crippen molar-refractivity contribution in [2.45, 2.75) is 63.9 Å². The predicted molar refractivity (Wildman–Crippen MR) is 93.0 cm³/mol. The van der Waals surface area contributed by atoms with Gasteiger partial charge in [-0.1, -0.05) is 6.92 Å². The van der Waals surface area contributed by atoms with Crippen LogP contribution in [0.3, 0.4) is 0 Å². The van der Waals surface area contributed by atoms with Gasteiger partial charge in [0, 0.05) is 19.0 Å². The molecule has 2 aliphatic rings. The number of hydrogen-bond acceptors (Lipinski definition) is 4. The third-order valence-corrected chi connectivity index (χ3v) is 5.83. The third-order valence-electron chi connectivity index (χ3n) is 5.83. The van der Waals surface area contributed by atoms with Gasteiger partial charge in [-0.05, 0) is 46.3 Å². The first kappa shape index (κ1) is 20.1. The van der Waals surface area contributed by atoms with E-state index < -0.39 is 23.5 Å². The van der Waals surface area contributed by atoms with Crippen molar-refractivity contribution in [3.05, 3.63) is 17.2 Å². The highest BCUT2D eigenvalue weighted by molar-refractivity contribution is 5.84. The molecule has 0 radical (unpaired) electrons. The van der Waals surface area contributed by atoms with E-state index >= 15 is 0 Å². The van der Waals surface area contributed by atoms with E-state index in [9.17, 15) is 23.1 Å². The zero-order chi connectivity index (χ0) is 20.0. The fourth-order valence-corrected chi connectivity index (χ4v) is 3.88. The number of amides is 1. The van der Waals surface area contributed by atoms with Gasteiger partial charge in [-0.3, -0.25) is 4.79 Å². The molecule has 1 fully saturated rings. The first-order valence-electron chi connectivity index (χ1n) is 9.41. The number of nitrogens with zero attached hydrogens (tertiary/aromatic N) is 4. The molecule has 27 heavy (non-hydrogen) atoms. The number of hydrogen-bond donors (Lipinski definition) is 1. The molecule has 0 aromatic carbocycles. The van der Waals surface area contributed by atoms with Gasteiger partial charge >= 0.3 is 6.18 Å². The molecule has 0 saturated carbocycles. The van der Waals surface area contributed by atoms with E-state index in [1.807, 2.05) is 7.05 Å². The van der Waals surface area contributed by atoms with Crippen molar-refractivity contribution in [1.82, 2.24) is 19.4 Å². The minimum absolute atomic E-state index is 0.0370. The van der Waals surface area contributed by atoms with E-state index in [1.54, 1.807) is 6.92 Å². The summed E-state index contributed by atoms with van der Waals surface area (Å²) in [5.74, 6) is -1.36. The number of aliphatic hydroxyl groups is 1. The Bertz CT molecular complexity index is 706. The maximum Gasteiger partial charge on any atom is 0.449 e. The normalized spacial score (nSPS) is 21.8. The number of carbonyl (C=O) groups is 1. The molecule has 1 unspecified atom stereocenters. The third kappa shape index (κ3) is 3.85. The number of aromatic nitrogens is 2. The van der Waals surface area contributed by atoms with Crippen LogP contribution in [0.4, 0.5) is 13.2 Å². The van der Waals surface area contributed by atoms with Crippen LogP contribution in [0.5, 0.6) is 0 Å². The molecular weight excluding hydrogens is 361 g/mol. The van der Waals surface area contributed by atoms with Crippen LogP contribution in [0.2, 0.25) is 0 Å². The lowest BCUT2D eigenvalue weighted by atomic mass is 9.92. The molecule has 0 bridgehead atoms. The summed E-state index contributed by atoms with van der Waals surface area (Å²) in [6.07, 6.45) is -2.78. The first-order chi connectivity index (χ1) is 12.5. The molecule has 1 N–H and O–H groups in total. The summed E-state index contributed by atoms with van der Waals surface area (Å²) >= 11 is 0. The molecule has 1 aromatic heterocycles. The van der Waals surface area contributed by atoms with E-state index in [-0.39, 0.29) is 32.0 Å². The maximum atomic E-state index is 13.5. The fraction of sp³-hybridized carbons (Fsp3) is 0.778. The van der Waals surface area contributed by atoms with Crippen molar-refractivity contribution in [3.8, 4) is 0 Å². The molecule has 9 heteroatoms. The predicted octanol–water partition coefficient (Wildman–Crippen LogP) is 2.21. The van der Waals surface area contributed by atoms with Crippen LogP contribution in [0, 0.1) is 0 Å². The maximum absolute atomic E-state index is 13.5. The van der Waals surface area contributed by atoms with Crippen LogP contribution in [0.15, 0.2) is 0 Å². The number of fused-ring (bicyclic) bond motifs is 1. The average molecular weight is 388 g/mol. The zero-order valence-corrected chi connectivity index (χ0v) is 16.0. The van der Waals surface area contributed by atoms with Crippen molar-refractivity contribution >= 4 is 5.91 Å². The largest absolute Gasteiger partial charge is 0.449 e. The molecule has 0 spiro atoms. The summed E-state index contributed by atoms with van der Waals surface area (Å²) in [5.41, 5.74) is -0.588. The molecule has 6 nitrogen and oxygen atoms in total. The highest BCUT2D eigenvalue weighted by Gasteiger charge is 2.43. The number of imidazole rings is 1. The topological polar surface area (TPSA) is 61.6 Å². The van der Waals surface area contributed by atoms with Gasteiger partial charge in [-0.15, -0.1) is 0 Å². The van der Waals surface area contributed by atoms with Gasteiger partial charge in [-0.2, -0.15) is 13.2 Å². The van der Waals surface area contributed by atoms with Gasteiger partial charge in [0.1, 0.15) is 5.60 Å². The van der Waals surface area contributed by atoms with Crippen molar-refractivity contribution in [3.63, 3.8) is 0 Å². The molecule has 1 saturated heterocycles. The number of carbonyl (C=O) groups excluding carboxylic acids is 1. The minimum Gasteiger partial charge on any atom is -0.380 e. The van der Waals surface area contributed by atoms with Crippen LogP contribution in [-0.4, -0.2) is 62.6 Å². The Hall–Kier alpha value is -1.61. The Morgan fingerprint density at radius 1 is 1.22 bits per heavy atom. The SMILES string of the molecule is CCC(C)(O)C(=O)N1CCn2c(C(F)(F)F)nc(C3CCN(C)CC3)c2C1. The molecule has 152 valence electrons. The Labute approximate surface area is 157 Å². The lowest BCUT2D eigenvalue weighted by molar-refractivity contribution is -0.153. The molecule has 3 heterocycles. The zero-order valence-electron chi connectivity index (χ0n) is 16.0. The molecule has 0 aliphatic carbocycles. The Kier molecular flexibility index (Phi) is 5.28. The second kappa shape index (κ2) is 7.09. The number of piperidine rings is 1. The monoisotopic (exact) mass is 388 g/mol. The van der Waals surface area contributed by atoms with Crippen molar-refractivity contribution in [2.24, 2.45) is 0 Å². The van der Waals surface area contributed by atoms with Crippen LogP contribution in [0.1, 0.15) is 56.2 Å². The van der Waals surface area contributed by atoms with E-state index in [1.165, 1.54) is 16.4 Å². The van der Waals surface area contributed by atoms with Gasteiger partial charge in [0.2, 0.25) is 5.82 Å². The van der Waals surface area contributed by atoms with Gasteiger partial charge in [0.05, 0.1) is 17.9 Å². The van der Waals surface area contributed by atoms with Crippen molar-refractivity contribution in [1.29, 1.82) is 0 Å². The molecule has 3 rings (SSSR count). The van der Waals surface area contributed by atoms with Gasteiger partial charge in [0.15, 0.2) is 0 Å². The average Bonchev–Trinajstić information content (AvgIpc) is 3.00. The lowest BCUT2D eigenvalue weighted by Crippen LogP contribution is -2.49. The first-order valence-corrected chi connectivity index (χ1v) is 9.41. The highest BCUT2D eigenvalue weighted by Crippen LogP contribution is 2.37. The fourth-order valence-electron chi connectivity index (χ4n) is 3.88. The Morgan fingerprint density at radius 2 is 1.85 bits per heavy atom. The summed E-state index contributed by atoms with van der Waals surface area (Å²) in [5, 5.41) is 10.3. The summed E-state index contributed by atoms with van der Waals surface area (Å²) in [4.78, 5) is 20.2. The Morgan fingerprint density at radius 3 is 2.41 bits per heavy atom. The van der Waals surface area contributed by atoms with E-state index in [4.69, 9.17) is 0 Å². The molecule has 1 amide bonds. The van der Waals surface area contributed by atoms with Crippen LogP contribution in [-0.2, 0) is 24.1 Å². The summed E-state index contributed by atoms with van der Waals surface area (Å²) in [6, 6.07) is 0. The molecule has 2 aliphatic heterocycles. The summed E-state index contributed by atoms with van der Waals surface area (Å²) < 4.78 is 41.7. The molecular formula is C18H27F3N4O2. The molecule has 1 aromatic rings. The summed E-state index contributed by atoms with van der Waals surface area (Å²) in [6.45, 7) is 5.00. The van der Waals surface area contributed by atoms with Gasteiger partial charge in [-0.25, -0.2) is 4.98 Å². The van der Waals surface area contributed by atoms with Crippen molar-refractivity contribution in [2.75, 3.05) is 26.7 Å². The van der Waals surface area contributed by atoms with Gasteiger partial charge in [0.25, 0.3) is 5.91 Å². The quantitative estimate of drug-likeness (QED) is 0.863. The van der Waals surface area contributed by atoms with Crippen LogP contribution < -0.4 is 0 Å². The number of rotatable bonds is 3. The van der Waals surface area contributed by atoms with E-state index in [2.05, 4.69) is 9.88 Å². The second-order valence-electron chi connectivity index (χ2n) is 7.85. The van der Waals surface area contributed by atoms with E-state index in [0.29, 0.717) is 11.4 Å². The van der Waals surface area contributed by atoms with Crippen LogP contribution >= 0.6 is 0 Å². The second-order valence-corrected chi connectivity index (χ2v) is 7.85. The number of alkyl halides is 3. The standard InChI is InChI=1S/C18H27F3N4O2/c1-4-17(2,27)16(26)24-9-10-25-13(11-24)14(22-15(25)18(19,20)21)12-5-7-23(3)8-6-12/h12,27H,4-11H2,1-3H3. The molecule has 1 atom stereocenters. The lowest BCUT2D eigenvalue weighted by Gasteiger charge is -2.35. The number of likely N-dealkylation sites (tertiary alicyclic amines) is 1. The minimum atomic E-state index is -4.53. The van der Waals surface area contributed by atoms with Crippen molar-refractivity contribution < 1.29 is 23.1 Å².